The second-order valence-corrected chi connectivity index (χ2v) is 3.06. The third-order valence-corrected chi connectivity index (χ3v) is 2.12. The van der Waals surface area contributed by atoms with Crippen molar-refractivity contribution >= 4 is 11.9 Å². The topological polar surface area (TPSA) is 82.1 Å². The van der Waals surface area contributed by atoms with Gasteiger partial charge in [-0.2, -0.15) is 0 Å². The Morgan fingerprint density at radius 1 is 1.06 bits per heavy atom. The zero-order chi connectivity index (χ0) is 13.0. The average Bonchev–Trinajstić information content (AvgIpc) is 2.37. The molecule has 1 aromatic rings. The van der Waals surface area contributed by atoms with Crippen LogP contribution in [-0.2, 0) is 9.47 Å². The fraction of sp³-hybridized carbons (Fsp3) is 0.273. The Morgan fingerprint density at radius 3 is 2.12 bits per heavy atom. The van der Waals surface area contributed by atoms with E-state index in [2.05, 4.69) is 9.47 Å². The van der Waals surface area contributed by atoms with Gasteiger partial charge in [-0.05, 0) is 12.1 Å². The molecule has 0 amide bonds. The molecule has 0 aromatic heterocycles. The highest BCUT2D eigenvalue weighted by molar-refractivity contribution is 5.98. The first-order valence-electron chi connectivity index (χ1n) is 4.62. The lowest BCUT2D eigenvalue weighted by Gasteiger charge is -2.09. The summed E-state index contributed by atoms with van der Waals surface area (Å²) in [6, 6.07) is 2.45. The fourth-order valence-electron chi connectivity index (χ4n) is 1.26. The quantitative estimate of drug-likeness (QED) is 0.793. The number of carbonyl (C=O) groups excluding carboxylic acids is 2. The standard InChI is InChI=1S/C11H12O6/c1-15-8-5-6(10(13)16-2)4-7(9(8)12)11(14)17-3/h4-5,12H,1-3H3. The minimum absolute atomic E-state index is 0.00620. The summed E-state index contributed by atoms with van der Waals surface area (Å²) in [5.74, 6) is -1.81. The maximum atomic E-state index is 11.4. The summed E-state index contributed by atoms with van der Waals surface area (Å²) >= 11 is 0. The van der Waals surface area contributed by atoms with Crippen LogP contribution in [-0.4, -0.2) is 38.4 Å². The third kappa shape index (κ3) is 2.47. The van der Waals surface area contributed by atoms with Crippen LogP contribution < -0.4 is 4.74 Å². The highest BCUT2D eigenvalue weighted by Crippen LogP contribution is 2.32. The summed E-state index contributed by atoms with van der Waals surface area (Å²) in [6.45, 7) is 0. The van der Waals surface area contributed by atoms with Crippen molar-refractivity contribution in [3.8, 4) is 11.5 Å². The van der Waals surface area contributed by atoms with Crippen molar-refractivity contribution in [1.82, 2.24) is 0 Å². The van der Waals surface area contributed by atoms with E-state index in [1.807, 2.05) is 0 Å². The van der Waals surface area contributed by atoms with Gasteiger partial charge in [-0.1, -0.05) is 0 Å². The van der Waals surface area contributed by atoms with Crippen molar-refractivity contribution < 1.29 is 28.9 Å². The molecule has 0 aliphatic rings. The monoisotopic (exact) mass is 240 g/mol. The summed E-state index contributed by atoms with van der Waals surface area (Å²) in [7, 11) is 3.68. The summed E-state index contributed by atoms with van der Waals surface area (Å²) < 4.78 is 13.8. The van der Waals surface area contributed by atoms with Gasteiger partial charge < -0.3 is 19.3 Å². The molecule has 0 aliphatic carbocycles. The van der Waals surface area contributed by atoms with Gasteiger partial charge in [-0.3, -0.25) is 0 Å². The van der Waals surface area contributed by atoms with E-state index in [1.165, 1.54) is 33.5 Å². The lowest BCUT2D eigenvalue weighted by molar-refractivity contribution is 0.0595. The first kappa shape index (κ1) is 12.8. The number of rotatable bonds is 3. The minimum atomic E-state index is -0.772. The lowest BCUT2D eigenvalue weighted by Crippen LogP contribution is -2.07. The van der Waals surface area contributed by atoms with Crippen molar-refractivity contribution in [3.05, 3.63) is 23.3 Å². The molecule has 6 nitrogen and oxygen atoms in total. The molecule has 0 atom stereocenters. The van der Waals surface area contributed by atoms with E-state index in [0.29, 0.717) is 0 Å². The van der Waals surface area contributed by atoms with Crippen LogP contribution in [0.3, 0.4) is 0 Å². The zero-order valence-corrected chi connectivity index (χ0v) is 9.64. The van der Waals surface area contributed by atoms with Crippen molar-refractivity contribution in [2.24, 2.45) is 0 Å². The molecule has 17 heavy (non-hydrogen) atoms. The number of hydrogen-bond acceptors (Lipinski definition) is 6. The van der Waals surface area contributed by atoms with E-state index in [0.717, 1.165) is 0 Å². The van der Waals surface area contributed by atoms with Crippen LogP contribution in [0.25, 0.3) is 0 Å². The van der Waals surface area contributed by atoms with Gasteiger partial charge in [0.25, 0.3) is 0 Å². The van der Waals surface area contributed by atoms with E-state index in [-0.39, 0.29) is 22.6 Å². The highest BCUT2D eigenvalue weighted by Gasteiger charge is 2.20. The second-order valence-electron chi connectivity index (χ2n) is 3.06. The minimum Gasteiger partial charge on any atom is -0.504 e. The van der Waals surface area contributed by atoms with Gasteiger partial charge in [-0.15, -0.1) is 0 Å². The lowest BCUT2D eigenvalue weighted by atomic mass is 10.1. The Kier molecular flexibility index (Phi) is 3.92. The van der Waals surface area contributed by atoms with Crippen molar-refractivity contribution in [3.63, 3.8) is 0 Å². The molecule has 1 N–H and O–H groups in total. The van der Waals surface area contributed by atoms with Gasteiger partial charge in [0.2, 0.25) is 0 Å². The van der Waals surface area contributed by atoms with Crippen molar-refractivity contribution in [2.75, 3.05) is 21.3 Å². The molecule has 0 spiro atoms. The molecule has 1 aromatic carbocycles. The maximum absolute atomic E-state index is 11.4. The van der Waals surface area contributed by atoms with Crippen LogP contribution in [0.5, 0.6) is 11.5 Å². The summed E-state index contributed by atoms with van der Waals surface area (Å²) in [6.07, 6.45) is 0. The van der Waals surface area contributed by atoms with Gasteiger partial charge in [0.15, 0.2) is 11.5 Å². The Morgan fingerprint density at radius 2 is 1.65 bits per heavy atom. The number of ether oxygens (including phenoxy) is 3. The van der Waals surface area contributed by atoms with Crippen LogP contribution in [0.2, 0.25) is 0 Å². The predicted octanol–water partition coefficient (Wildman–Crippen LogP) is 0.974. The van der Waals surface area contributed by atoms with E-state index >= 15 is 0 Å². The molecule has 0 bridgehead atoms. The van der Waals surface area contributed by atoms with E-state index in [4.69, 9.17) is 4.74 Å². The molecule has 0 saturated carbocycles. The van der Waals surface area contributed by atoms with Gasteiger partial charge in [0, 0.05) is 0 Å². The molecule has 0 heterocycles. The molecule has 0 radical (unpaired) electrons. The molecule has 6 heteroatoms. The van der Waals surface area contributed by atoms with Gasteiger partial charge in [-0.25, -0.2) is 9.59 Å². The number of esters is 2. The van der Waals surface area contributed by atoms with Crippen LogP contribution >= 0.6 is 0 Å². The molecular formula is C11H12O6. The first-order valence-corrected chi connectivity index (χ1v) is 4.62. The number of aromatic hydroxyl groups is 1. The summed E-state index contributed by atoms with van der Waals surface area (Å²) in [4.78, 5) is 22.7. The number of phenols is 1. The van der Waals surface area contributed by atoms with Crippen LogP contribution in [0.4, 0.5) is 0 Å². The molecule has 0 saturated heterocycles. The van der Waals surface area contributed by atoms with Gasteiger partial charge >= 0.3 is 11.9 Å². The first-order chi connectivity index (χ1) is 8.04. The van der Waals surface area contributed by atoms with Crippen molar-refractivity contribution in [2.45, 2.75) is 0 Å². The summed E-state index contributed by atoms with van der Waals surface area (Å²) in [5.41, 5.74) is -0.0743. The number of phenolic OH excluding ortho intramolecular Hbond substituents is 1. The second kappa shape index (κ2) is 5.20. The highest BCUT2D eigenvalue weighted by atomic mass is 16.5. The van der Waals surface area contributed by atoms with E-state index in [9.17, 15) is 14.7 Å². The fourth-order valence-corrected chi connectivity index (χ4v) is 1.26. The molecule has 0 fully saturated rings. The SMILES string of the molecule is COC(=O)c1cc(OC)c(O)c(C(=O)OC)c1. The van der Waals surface area contributed by atoms with Crippen LogP contribution in [0.15, 0.2) is 12.1 Å². The maximum Gasteiger partial charge on any atom is 0.341 e. The smallest absolute Gasteiger partial charge is 0.341 e. The average molecular weight is 240 g/mol. The van der Waals surface area contributed by atoms with Crippen molar-refractivity contribution in [1.29, 1.82) is 0 Å². The number of hydrogen-bond donors (Lipinski definition) is 1. The predicted molar refractivity (Wildman–Crippen MR) is 57.3 cm³/mol. The van der Waals surface area contributed by atoms with Gasteiger partial charge in [0.05, 0.1) is 26.9 Å². The Balaban J connectivity index is 3.38. The third-order valence-electron chi connectivity index (χ3n) is 2.12. The number of benzene rings is 1. The number of methoxy groups -OCH3 is 3. The Bertz CT molecular complexity index is 452. The molecule has 0 aliphatic heterocycles. The summed E-state index contributed by atoms with van der Waals surface area (Å²) in [5, 5.41) is 9.69. The van der Waals surface area contributed by atoms with Gasteiger partial charge in [0.1, 0.15) is 5.56 Å². The normalized spacial score (nSPS) is 9.59. The van der Waals surface area contributed by atoms with E-state index < -0.39 is 11.9 Å². The largest absolute Gasteiger partial charge is 0.504 e. The molecule has 0 unspecified atom stereocenters. The number of carbonyl (C=O) groups is 2. The Labute approximate surface area is 97.7 Å². The zero-order valence-electron chi connectivity index (χ0n) is 9.64. The van der Waals surface area contributed by atoms with E-state index in [1.54, 1.807) is 0 Å². The molecule has 1 rings (SSSR count). The van der Waals surface area contributed by atoms with Crippen LogP contribution in [0, 0.1) is 0 Å². The van der Waals surface area contributed by atoms with Crippen LogP contribution in [0.1, 0.15) is 20.7 Å². The molecular weight excluding hydrogens is 228 g/mol. The Hall–Kier alpha value is -2.24. The molecule has 92 valence electrons.